The lowest BCUT2D eigenvalue weighted by atomic mass is 9.82. The normalized spacial score (nSPS) is 21.4. The average Bonchev–Trinajstić information content (AvgIpc) is 3.34. The molecule has 0 bridgehead atoms. The van der Waals surface area contributed by atoms with Gasteiger partial charge in [-0.05, 0) is 55.4 Å². The van der Waals surface area contributed by atoms with Gasteiger partial charge in [-0.2, -0.15) is 0 Å². The number of ether oxygens (including phenoxy) is 1. The summed E-state index contributed by atoms with van der Waals surface area (Å²) in [6, 6.07) is 5.59. The number of aromatic amines is 1. The fraction of sp³-hybridized carbons (Fsp3) is 0.542. The molecule has 2 aliphatic heterocycles. The molecule has 32 heavy (non-hydrogen) atoms. The summed E-state index contributed by atoms with van der Waals surface area (Å²) < 4.78 is 5.37. The molecule has 0 atom stereocenters. The molecular weight excluding hydrogens is 408 g/mol. The standard InChI is InChI=1S/C24H30N4O4/c1-32-17-5-6-20-18(13-17)19(14-25-20)16-7-11-27(12-8-16)21(29)15-28-22(30)24(26-23(28)31)9-3-2-4-10-24/h5-6,13-14,16,25H,2-4,7-12,15H2,1H3,(H,26,31). The van der Waals surface area contributed by atoms with Crippen LogP contribution in [0.3, 0.4) is 0 Å². The van der Waals surface area contributed by atoms with Crippen LogP contribution in [0.4, 0.5) is 4.79 Å². The van der Waals surface area contributed by atoms with Crippen molar-refractivity contribution in [2.45, 2.75) is 56.4 Å². The number of hydrogen-bond donors (Lipinski definition) is 2. The van der Waals surface area contributed by atoms with E-state index >= 15 is 0 Å². The third-order valence-corrected chi connectivity index (χ3v) is 7.45. The monoisotopic (exact) mass is 438 g/mol. The number of piperidine rings is 1. The fourth-order valence-corrected chi connectivity index (χ4v) is 5.58. The Balaban J connectivity index is 1.22. The smallest absolute Gasteiger partial charge is 0.325 e. The highest BCUT2D eigenvalue weighted by Crippen LogP contribution is 2.36. The maximum Gasteiger partial charge on any atom is 0.325 e. The minimum atomic E-state index is -0.779. The number of fused-ring (bicyclic) bond motifs is 1. The topological polar surface area (TPSA) is 94.7 Å². The van der Waals surface area contributed by atoms with Gasteiger partial charge in [0.2, 0.25) is 5.91 Å². The van der Waals surface area contributed by atoms with Crippen molar-refractivity contribution in [3.63, 3.8) is 0 Å². The number of nitrogens with one attached hydrogen (secondary N) is 2. The summed E-state index contributed by atoms with van der Waals surface area (Å²) in [5.74, 6) is 0.802. The molecule has 0 unspecified atom stereocenters. The number of benzene rings is 1. The Labute approximate surface area is 187 Å². The lowest BCUT2D eigenvalue weighted by Crippen LogP contribution is -2.49. The van der Waals surface area contributed by atoms with Crippen molar-refractivity contribution in [1.29, 1.82) is 0 Å². The van der Waals surface area contributed by atoms with Gasteiger partial charge in [-0.25, -0.2) is 4.79 Å². The molecule has 5 rings (SSSR count). The van der Waals surface area contributed by atoms with Crippen LogP contribution in [-0.2, 0) is 9.59 Å². The quantitative estimate of drug-likeness (QED) is 0.717. The first-order chi connectivity index (χ1) is 15.5. The van der Waals surface area contributed by atoms with E-state index in [-0.39, 0.29) is 18.4 Å². The van der Waals surface area contributed by atoms with Crippen molar-refractivity contribution >= 4 is 28.7 Å². The van der Waals surface area contributed by atoms with Crippen LogP contribution in [-0.4, -0.2) is 64.9 Å². The van der Waals surface area contributed by atoms with Crippen molar-refractivity contribution in [2.24, 2.45) is 0 Å². The Bertz CT molecular complexity index is 1050. The predicted octanol–water partition coefficient (Wildman–Crippen LogP) is 3.14. The second-order valence-corrected chi connectivity index (χ2v) is 9.27. The van der Waals surface area contributed by atoms with Gasteiger partial charge in [0.25, 0.3) is 5.91 Å². The van der Waals surface area contributed by atoms with Crippen LogP contribution in [0.5, 0.6) is 5.75 Å². The summed E-state index contributed by atoms with van der Waals surface area (Å²) in [4.78, 5) is 44.6. The molecular formula is C24H30N4O4. The zero-order valence-electron chi connectivity index (χ0n) is 18.5. The van der Waals surface area contributed by atoms with Crippen LogP contribution in [0.1, 0.15) is 56.4 Å². The second kappa shape index (κ2) is 8.15. The summed E-state index contributed by atoms with van der Waals surface area (Å²) in [6.07, 6.45) is 8.04. The molecule has 1 aliphatic carbocycles. The number of H-pyrrole nitrogens is 1. The van der Waals surface area contributed by atoms with Gasteiger partial charge in [-0.3, -0.25) is 14.5 Å². The average molecular weight is 439 g/mol. The Hall–Kier alpha value is -3.03. The molecule has 3 fully saturated rings. The Kier molecular flexibility index (Phi) is 5.31. The number of likely N-dealkylation sites (tertiary alicyclic amines) is 1. The number of hydrogen-bond acceptors (Lipinski definition) is 4. The summed E-state index contributed by atoms with van der Waals surface area (Å²) in [6.45, 7) is 1.07. The largest absolute Gasteiger partial charge is 0.497 e. The minimum absolute atomic E-state index is 0.152. The van der Waals surface area contributed by atoms with Gasteiger partial charge >= 0.3 is 6.03 Å². The van der Waals surface area contributed by atoms with E-state index in [1.54, 1.807) is 12.0 Å². The van der Waals surface area contributed by atoms with E-state index in [0.717, 1.165) is 53.7 Å². The van der Waals surface area contributed by atoms with Gasteiger partial charge in [0.1, 0.15) is 17.8 Å². The molecule has 2 saturated heterocycles. The van der Waals surface area contributed by atoms with Crippen molar-refractivity contribution in [3.8, 4) is 5.75 Å². The molecule has 1 spiro atoms. The minimum Gasteiger partial charge on any atom is -0.497 e. The Morgan fingerprint density at radius 1 is 1.16 bits per heavy atom. The van der Waals surface area contributed by atoms with E-state index in [2.05, 4.69) is 22.6 Å². The molecule has 170 valence electrons. The molecule has 3 aliphatic rings. The zero-order valence-corrected chi connectivity index (χ0v) is 18.5. The highest BCUT2D eigenvalue weighted by atomic mass is 16.5. The van der Waals surface area contributed by atoms with Crippen LogP contribution in [0, 0.1) is 0 Å². The Morgan fingerprint density at radius 3 is 2.62 bits per heavy atom. The maximum atomic E-state index is 13.0. The summed E-state index contributed by atoms with van der Waals surface area (Å²) in [5.41, 5.74) is 1.55. The SMILES string of the molecule is COc1ccc2[nH]cc(C3CCN(C(=O)CN4C(=O)NC5(CCCCC5)C4=O)CC3)c2c1. The number of carbonyl (C=O) groups is 3. The highest BCUT2D eigenvalue weighted by molar-refractivity contribution is 6.09. The van der Waals surface area contributed by atoms with Crippen molar-refractivity contribution in [1.82, 2.24) is 20.1 Å². The predicted molar refractivity (Wildman–Crippen MR) is 119 cm³/mol. The number of rotatable bonds is 4. The maximum absolute atomic E-state index is 13.0. The number of nitrogens with zero attached hydrogens (tertiary/aromatic N) is 2. The summed E-state index contributed by atoms with van der Waals surface area (Å²) in [7, 11) is 1.67. The van der Waals surface area contributed by atoms with E-state index in [9.17, 15) is 14.4 Å². The first-order valence-electron chi connectivity index (χ1n) is 11.6. The molecule has 2 aromatic rings. The number of methoxy groups -OCH3 is 1. The Morgan fingerprint density at radius 2 is 1.91 bits per heavy atom. The van der Waals surface area contributed by atoms with Crippen molar-refractivity contribution < 1.29 is 19.1 Å². The second-order valence-electron chi connectivity index (χ2n) is 9.27. The number of carbonyl (C=O) groups excluding carboxylic acids is 3. The number of imide groups is 1. The molecule has 0 radical (unpaired) electrons. The third kappa shape index (κ3) is 3.51. The van der Waals surface area contributed by atoms with E-state index in [1.165, 1.54) is 5.56 Å². The van der Waals surface area contributed by atoms with Gasteiger partial charge in [0.15, 0.2) is 0 Å². The van der Waals surface area contributed by atoms with Crippen LogP contribution in [0.25, 0.3) is 10.9 Å². The van der Waals surface area contributed by atoms with E-state index in [0.29, 0.717) is 31.8 Å². The summed E-state index contributed by atoms with van der Waals surface area (Å²) >= 11 is 0. The highest BCUT2D eigenvalue weighted by Gasteiger charge is 2.51. The number of amides is 4. The van der Waals surface area contributed by atoms with Gasteiger partial charge < -0.3 is 19.9 Å². The molecule has 1 aromatic carbocycles. The van der Waals surface area contributed by atoms with Crippen LogP contribution in [0.15, 0.2) is 24.4 Å². The number of urea groups is 1. The number of aromatic nitrogens is 1. The first-order valence-corrected chi connectivity index (χ1v) is 11.6. The van der Waals surface area contributed by atoms with Crippen molar-refractivity contribution in [3.05, 3.63) is 30.0 Å². The molecule has 1 saturated carbocycles. The van der Waals surface area contributed by atoms with Crippen LogP contribution in [0.2, 0.25) is 0 Å². The van der Waals surface area contributed by atoms with E-state index < -0.39 is 11.6 Å². The lowest BCUT2D eigenvalue weighted by Gasteiger charge is -2.33. The van der Waals surface area contributed by atoms with Crippen molar-refractivity contribution in [2.75, 3.05) is 26.7 Å². The van der Waals surface area contributed by atoms with Gasteiger partial charge in [-0.1, -0.05) is 19.3 Å². The molecule has 2 N–H and O–H groups in total. The van der Waals surface area contributed by atoms with Gasteiger partial charge in [0.05, 0.1) is 7.11 Å². The third-order valence-electron chi connectivity index (χ3n) is 7.45. The van der Waals surface area contributed by atoms with Gasteiger partial charge in [-0.15, -0.1) is 0 Å². The van der Waals surface area contributed by atoms with E-state index in [4.69, 9.17) is 4.74 Å². The molecule has 1 aromatic heterocycles. The van der Waals surface area contributed by atoms with Crippen LogP contribution < -0.4 is 10.1 Å². The zero-order chi connectivity index (χ0) is 22.3. The molecule has 8 nitrogen and oxygen atoms in total. The van der Waals surface area contributed by atoms with Gasteiger partial charge in [0, 0.05) is 30.2 Å². The van der Waals surface area contributed by atoms with Crippen LogP contribution >= 0.6 is 0 Å². The van der Waals surface area contributed by atoms with E-state index in [1.807, 2.05) is 12.1 Å². The fourth-order valence-electron chi connectivity index (χ4n) is 5.58. The summed E-state index contributed by atoms with van der Waals surface area (Å²) in [5, 5.41) is 4.04. The molecule has 4 amide bonds. The lowest BCUT2D eigenvalue weighted by molar-refractivity contribution is -0.140. The first kappa shape index (κ1) is 20.8. The molecule has 3 heterocycles. The molecule has 8 heteroatoms.